The zero-order valence-corrected chi connectivity index (χ0v) is 15.1. The fourth-order valence-corrected chi connectivity index (χ4v) is 2.88. The Morgan fingerprint density at radius 2 is 1.81 bits per heavy atom. The molecule has 0 spiro atoms. The lowest BCUT2D eigenvalue weighted by molar-refractivity contribution is -0.117. The van der Waals surface area contributed by atoms with Gasteiger partial charge in [-0.2, -0.15) is 0 Å². The third-order valence-electron chi connectivity index (χ3n) is 4.14. The average Bonchev–Trinajstić information content (AvgIpc) is 2.70. The highest BCUT2D eigenvalue weighted by molar-refractivity contribution is 5.97. The van der Waals surface area contributed by atoms with E-state index in [0.717, 1.165) is 11.4 Å². The van der Waals surface area contributed by atoms with Crippen LogP contribution in [0.3, 0.4) is 0 Å². The maximum Gasteiger partial charge on any atom is 0.246 e. The molecule has 0 atom stereocenters. The van der Waals surface area contributed by atoms with Crippen LogP contribution < -0.4 is 29.2 Å². The van der Waals surface area contributed by atoms with E-state index in [1.165, 1.54) is 0 Å². The lowest BCUT2D eigenvalue weighted by atomic mass is 10.2. The summed E-state index contributed by atoms with van der Waals surface area (Å²) in [5.74, 6) is 2.24. The first-order valence-corrected chi connectivity index (χ1v) is 8.24. The molecule has 2 aromatic rings. The summed E-state index contributed by atoms with van der Waals surface area (Å²) in [4.78, 5) is 14.4. The molecule has 138 valence electrons. The monoisotopic (exact) mass is 358 g/mol. The molecule has 1 aliphatic heterocycles. The van der Waals surface area contributed by atoms with Crippen LogP contribution in [0.5, 0.6) is 23.0 Å². The van der Waals surface area contributed by atoms with Gasteiger partial charge in [0.1, 0.15) is 12.4 Å². The Kier molecular flexibility index (Phi) is 5.36. The first-order chi connectivity index (χ1) is 12.7. The number of para-hydroxylation sites is 2. The number of anilines is 2. The van der Waals surface area contributed by atoms with Crippen LogP contribution in [-0.4, -0.2) is 46.9 Å². The summed E-state index contributed by atoms with van der Waals surface area (Å²) in [6.45, 7) is 1.13. The van der Waals surface area contributed by atoms with Crippen LogP contribution in [-0.2, 0) is 4.79 Å². The van der Waals surface area contributed by atoms with Crippen molar-refractivity contribution < 1.29 is 23.7 Å². The quantitative estimate of drug-likeness (QED) is 0.856. The molecular weight excluding hydrogens is 336 g/mol. The van der Waals surface area contributed by atoms with Gasteiger partial charge in [-0.1, -0.05) is 12.1 Å². The number of amides is 1. The predicted molar refractivity (Wildman–Crippen MR) is 98.9 cm³/mol. The van der Waals surface area contributed by atoms with Gasteiger partial charge < -0.3 is 29.2 Å². The zero-order valence-electron chi connectivity index (χ0n) is 15.1. The number of fused-ring (bicyclic) bond motifs is 1. The molecular formula is C19H22N2O5. The molecule has 0 bridgehead atoms. The molecule has 0 radical (unpaired) electrons. The molecule has 0 saturated carbocycles. The van der Waals surface area contributed by atoms with Crippen molar-refractivity contribution in [2.45, 2.75) is 0 Å². The van der Waals surface area contributed by atoms with Crippen LogP contribution in [0, 0.1) is 0 Å². The third-order valence-corrected chi connectivity index (χ3v) is 4.14. The second kappa shape index (κ2) is 7.86. The van der Waals surface area contributed by atoms with Crippen molar-refractivity contribution >= 4 is 17.3 Å². The van der Waals surface area contributed by atoms with Gasteiger partial charge >= 0.3 is 0 Å². The predicted octanol–water partition coefficient (Wildman–Crippen LogP) is 2.55. The Morgan fingerprint density at radius 3 is 2.46 bits per heavy atom. The van der Waals surface area contributed by atoms with E-state index in [4.69, 9.17) is 18.9 Å². The largest absolute Gasteiger partial charge is 0.493 e. The molecule has 7 nitrogen and oxygen atoms in total. The van der Waals surface area contributed by atoms with E-state index >= 15 is 0 Å². The second-order valence-electron chi connectivity index (χ2n) is 5.63. The summed E-state index contributed by atoms with van der Waals surface area (Å²) in [5, 5.41) is 3.13. The van der Waals surface area contributed by atoms with Crippen molar-refractivity contribution in [3.8, 4) is 23.0 Å². The van der Waals surface area contributed by atoms with E-state index in [1.807, 2.05) is 24.3 Å². The van der Waals surface area contributed by atoms with Crippen LogP contribution in [0.15, 0.2) is 36.4 Å². The molecule has 1 N–H and O–H groups in total. The minimum Gasteiger partial charge on any atom is -0.493 e. The fraction of sp³-hybridized carbons (Fsp3) is 0.316. The van der Waals surface area contributed by atoms with Gasteiger partial charge in [0, 0.05) is 17.8 Å². The minimum absolute atomic E-state index is 0.0468. The first kappa shape index (κ1) is 17.7. The molecule has 7 heteroatoms. The van der Waals surface area contributed by atoms with Crippen LogP contribution in [0.1, 0.15) is 0 Å². The van der Waals surface area contributed by atoms with E-state index in [2.05, 4.69) is 5.32 Å². The van der Waals surface area contributed by atoms with E-state index < -0.39 is 0 Å². The Bertz CT molecular complexity index is 768. The first-order valence-electron chi connectivity index (χ1n) is 8.24. The Morgan fingerprint density at radius 1 is 1.12 bits per heavy atom. The lowest BCUT2D eigenvalue weighted by Crippen LogP contribution is -2.41. The highest BCUT2D eigenvalue weighted by Gasteiger charge is 2.23. The van der Waals surface area contributed by atoms with Crippen LogP contribution in [0.2, 0.25) is 0 Å². The van der Waals surface area contributed by atoms with Crippen LogP contribution >= 0.6 is 0 Å². The molecule has 3 rings (SSSR count). The molecule has 0 aromatic heterocycles. The second-order valence-corrected chi connectivity index (χ2v) is 5.63. The number of hydrogen-bond acceptors (Lipinski definition) is 6. The van der Waals surface area contributed by atoms with Gasteiger partial charge in [-0.3, -0.25) is 4.79 Å². The van der Waals surface area contributed by atoms with Crippen molar-refractivity contribution in [3.63, 3.8) is 0 Å². The smallest absolute Gasteiger partial charge is 0.246 e. The number of ether oxygens (including phenoxy) is 4. The number of nitrogens with zero attached hydrogens (tertiary/aromatic N) is 1. The van der Waals surface area contributed by atoms with Crippen LogP contribution in [0.4, 0.5) is 11.4 Å². The Balaban J connectivity index is 1.74. The lowest BCUT2D eigenvalue weighted by Gasteiger charge is -2.29. The number of methoxy groups -OCH3 is 3. The van der Waals surface area contributed by atoms with Crippen molar-refractivity contribution in [2.75, 3.05) is 51.2 Å². The van der Waals surface area contributed by atoms with E-state index in [9.17, 15) is 4.79 Å². The number of rotatable bonds is 6. The summed E-state index contributed by atoms with van der Waals surface area (Å²) < 4.78 is 21.6. The molecule has 1 heterocycles. The number of benzene rings is 2. The summed E-state index contributed by atoms with van der Waals surface area (Å²) in [5.41, 5.74) is 1.49. The van der Waals surface area contributed by atoms with Crippen molar-refractivity contribution in [3.05, 3.63) is 36.4 Å². The fourth-order valence-electron chi connectivity index (χ4n) is 2.88. The summed E-state index contributed by atoms with van der Waals surface area (Å²) in [6.07, 6.45) is 0. The molecule has 1 aliphatic rings. The standard InChI is InChI=1S/C19H22N2O5/c1-23-16-10-13(11-17(24-2)19(16)25-3)20-12-18(22)21-8-9-26-15-7-5-4-6-14(15)21/h4-7,10-11,20H,8-9,12H2,1-3H3. The number of nitrogens with one attached hydrogen (secondary N) is 1. The van der Waals surface area contributed by atoms with Gasteiger partial charge in [0.2, 0.25) is 11.7 Å². The molecule has 2 aromatic carbocycles. The Labute approximate surface area is 152 Å². The van der Waals surface area contributed by atoms with E-state index in [-0.39, 0.29) is 12.5 Å². The maximum atomic E-state index is 12.7. The molecule has 0 aliphatic carbocycles. The number of hydrogen-bond donors (Lipinski definition) is 1. The normalized spacial score (nSPS) is 12.7. The van der Waals surface area contributed by atoms with Crippen molar-refractivity contribution in [1.82, 2.24) is 0 Å². The van der Waals surface area contributed by atoms with Crippen molar-refractivity contribution in [2.24, 2.45) is 0 Å². The maximum absolute atomic E-state index is 12.7. The molecule has 0 fully saturated rings. The molecule has 26 heavy (non-hydrogen) atoms. The number of carbonyl (C=O) groups is 1. The van der Waals surface area contributed by atoms with Gasteiger partial charge in [0.25, 0.3) is 0 Å². The Hall–Kier alpha value is -3.09. The summed E-state index contributed by atoms with van der Waals surface area (Å²) in [6, 6.07) is 11.1. The molecule has 0 saturated heterocycles. The van der Waals surface area contributed by atoms with Gasteiger partial charge in [0.05, 0.1) is 40.1 Å². The average molecular weight is 358 g/mol. The summed E-state index contributed by atoms with van der Waals surface area (Å²) in [7, 11) is 4.65. The molecule has 1 amide bonds. The highest BCUT2D eigenvalue weighted by atomic mass is 16.5. The van der Waals surface area contributed by atoms with Crippen LogP contribution in [0.25, 0.3) is 0 Å². The highest BCUT2D eigenvalue weighted by Crippen LogP contribution is 2.40. The molecule has 0 unspecified atom stereocenters. The van der Waals surface area contributed by atoms with Gasteiger partial charge in [-0.25, -0.2) is 0 Å². The summed E-state index contributed by atoms with van der Waals surface area (Å²) >= 11 is 0. The van der Waals surface area contributed by atoms with Crippen molar-refractivity contribution in [1.29, 1.82) is 0 Å². The topological polar surface area (TPSA) is 69.3 Å². The van der Waals surface area contributed by atoms with E-state index in [1.54, 1.807) is 38.4 Å². The zero-order chi connectivity index (χ0) is 18.5. The van der Waals surface area contributed by atoms with E-state index in [0.29, 0.717) is 36.1 Å². The van der Waals surface area contributed by atoms with Gasteiger partial charge in [-0.15, -0.1) is 0 Å². The third kappa shape index (κ3) is 3.46. The minimum atomic E-state index is -0.0468. The van der Waals surface area contributed by atoms with Gasteiger partial charge in [-0.05, 0) is 12.1 Å². The van der Waals surface area contributed by atoms with Gasteiger partial charge in [0.15, 0.2) is 11.5 Å². The number of carbonyl (C=O) groups excluding carboxylic acids is 1. The SMILES string of the molecule is COc1cc(NCC(=O)N2CCOc3ccccc32)cc(OC)c1OC.